The van der Waals surface area contributed by atoms with Crippen LogP contribution in [0.4, 0.5) is 10.5 Å². The Bertz CT molecular complexity index is 1160. The van der Waals surface area contributed by atoms with Crippen molar-refractivity contribution in [2.75, 3.05) is 19.1 Å². The molecule has 0 atom stereocenters. The monoisotopic (exact) mass is 431 g/mol. The number of imide groups is 1. The van der Waals surface area contributed by atoms with E-state index < -0.39 is 6.03 Å². The fourth-order valence-corrected chi connectivity index (χ4v) is 3.90. The number of rotatable bonds is 7. The topological polar surface area (TPSA) is 80.6 Å². The molecule has 0 aromatic heterocycles. The van der Waals surface area contributed by atoms with Crippen LogP contribution in [0.1, 0.15) is 30.4 Å². The molecule has 0 unspecified atom stereocenters. The number of benzene rings is 2. The molecule has 0 bridgehead atoms. The molecule has 164 valence electrons. The van der Waals surface area contributed by atoms with E-state index in [1.807, 2.05) is 37.3 Å². The van der Waals surface area contributed by atoms with E-state index in [1.165, 1.54) is 0 Å². The second-order valence-corrected chi connectivity index (χ2v) is 7.78. The minimum absolute atomic E-state index is 0.376. The Labute approximate surface area is 187 Å². The van der Waals surface area contributed by atoms with Crippen LogP contribution < -0.4 is 14.4 Å². The van der Waals surface area contributed by atoms with Gasteiger partial charge in [0.1, 0.15) is 0 Å². The summed E-state index contributed by atoms with van der Waals surface area (Å²) in [5.74, 6) is 1.04. The lowest BCUT2D eigenvalue weighted by atomic mass is 9.96. The highest BCUT2D eigenvalue weighted by molar-refractivity contribution is 6.40. The van der Waals surface area contributed by atoms with Gasteiger partial charge in [-0.2, -0.15) is 4.99 Å². The lowest BCUT2D eigenvalue weighted by Crippen LogP contribution is -2.43. The standard InChI is InChI=1S/C25H25N3O4/c1-16-6-4-9-19(12-16)28-24(29)20-15-26-18(14-21(20)27-25(28)30)8-5-7-17-10-11-22(31-2)23(13-17)32-3/h4,6,9-13,15H,5,7-8,14H2,1-3H3. The molecule has 0 fully saturated rings. The second kappa shape index (κ2) is 9.18. The fraction of sp³-hybridized carbons (Fsp3) is 0.280. The molecule has 0 spiro atoms. The molecule has 3 amide bonds. The van der Waals surface area contributed by atoms with E-state index in [1.54, 1.807) is 32.6 Å². The summed E-state index contributed by atoms with van der Waals surface area (Å²) in [5, 5.41) is 0. The van der Waals surface area contributed by atoms with Gasteiger partial charge in [0.2, 0.25) is 0 Å². The van der Waals surface area contributed by atoms with E-state index >= 15 is 0 Å². The summed E-state index contributed by atoms with van der Waals surface area (Å²) in [6.07, 6.45) is 4.44. The molecule has 0 saturated carbocycles. The van der Waals surface area contributed by atoms with Crippen molar-refractivity contribution >= 4 is 29.0 Å². The number of aryl methyl sites for hydroxylation is 2. The molecule has 2 aromatic carbocycles. The van der Waals surface area contributed by atoms with Gasteiger partial charge in [-0.1, -0.05) is 18.2 Å². The quantitative estimate of drug-likeness (QED) is 0.638. The van der Waals surface area contributed by atoms with Crippen molar-refractivity contribution in [3.05, 3.63) is 65.4 Å². The Balaban J connectivity index is 1.44. The van der Waals surface area contributed by atoms with Crippen molar-refractivity contribution in [3.63, 3.8) is 0 Å². The third kappa shape index (κ3) is 4.32. The van der Waals surface area contributed by atoms with Crippen LogP contribution in [0.25, 0.3) is 0 Å². The highest BCUT2D eigenvalue weighted by atomic mass is 16.5. The third-order valence-electron chi connectivity index (χ3n) is 5.55. The van der Waals surface area contributed by atoms with Crippen molar-refractivity contribution in [2.24, 2.45) is 9.98 Å². The normalized spacial score (nSPS) is 15.6. The summed E-state index contributed by atoms with van der Waals surface area (Å²) in [6.45, 7) is 1.91. The van der Waals surface area contributed by atoms with Gasteiger partial charge < -0.3 is 9.47 Å². The molecular formula is C25H25N3O4. The number of aliphatic imine (C=N–C) groups is 2. The Morgan fingerprint density at radius 1 is 1.00 bits per heavy atom. The number of nitrogens with zero attached hydrogens (tertiary/aromatic N) is 3. The van der Waals surface area contributed by atoms with Crippen molar-refractivity contribution < 1.29 is 19.1 Å². The Kier molecular flexibility index (Phi) is 6.16. The average molecular weight is 431 g/mol. The molecular weight excluding hydrogens is 406 g/mol. The van der Waals surface area contributed by atoms with Crippen LogP contribution in [-0.4, -0.2) is 37.6 Å². The van der Waals surface area contributed by atoms with E-state index in [0.29, 0.717) is 34.9 Å². The summed E-state index contributed by atoms with van der Waals surface area (Å²) < 4.78 is 10.6. The molecule has 7 nitrogen and oxygen atoms in total. The Morgan fingerprint density at radius 3 is 2.56 bits per heavy atom. The fourth-order valence-electron chi connectivity index (χ4n) is 3.90. The predicted molar refractivity (Wildman–Crippen MR) is 124 cm³/mol. The number of hydrogen-bond donors (Lipinski definition) is 0. The molecule has 32 heavy (non-hydrogen) atoms. The maximum Gasteiger partial charge on any atom is 0.355 e. The van der Waals surface area contributed by atoms with Crippen molar-refractivity contribution in [1.29, 1.82) is 0 Å². The number of carbonyl (C=O) groups excluding carboxylic acids is 2. The van der Waals surface area contributed by atoms with Gasteiger partial charge in [-0.3, -0.25) is 9.79 Å². The molecule has 2 aliphatic heterocycles. The first-order valence-corrected chi connectivity index (χ1v) is 10.5. The Hall–Kier alpha value is -3.74. The number of urea groups is 1. The Morgan fingerprint density at radius 2 is 1.81 bits per heavy atom. The highest BCUT2D eigenvalue weighted by Gasteiger charge is 2.35. The van der Waals surface area contributed by atoms with E-state index in [9.17, 15) is 9.59 Å². The van der Waals surface area contributed by atoms with E-state index in [2.05, 4.69) is 9.98 Å². The van der Waals surface area contributed by atoms with Crippen LogP contribution in [0.2, 0.25) is 0 Å². The summed E-state index contributed by atoms with van der Waals surface area (Å²) in [6, 6.07) is 12.6. The van der Waals surface area contributed by atoms with Gasteiger partial charge in [-0.05, 0) is 61.6 Å². The van der Waals surface area contributed by atoms with Gasteiger partial charge in [-0.15, -0.1) is 0 Å². The summed E-state index contributed by atoms with van der Waals surface area (Å²) >= 11 is 0. The number of hydrogen-bond acceptors (Lipinski definition) is 5. The summed E-state index contributed by atoms with van der Waals surface area (Å²) in [7, 11) is 3.24. The number of amides is 3. The number of methoxy groups -OCH3 is 2. The maximum atomic E-state index is 13.0. The van der Waals surface area contributed by atoms with E-state index in [0.717, 1.165) is 41.0 Å². The molecule has 2 aromatic rings. The van der Waals surface area contributed by atoms with E-state index in [4.69, 9.17) is 9.47 Å². The average Bonchev–Trinajstić information content (AvgIpc) is 2.79. The molecule has 2 heterocycles. The van der Waals surface area contributed by atoms with Crippen LogP contribution in [-0.2, 0) is 11.2 Å². The van der Waals surface area contributed by atoms with Gasteiger partial charge in [0.05, 0.1) is 31.2 Å². The second-order valence-electron chi connectivity index (χ2n) is 7.78. The third-order valence-corrected chi connectivity index (χ3v) is 5.55. The number of fused-ring (bicyclic) bond motifs is 1. The minimum Gasteiger partial charge on any atom is -0.493 e. The first-order chi connectivity index (χ1) is 15.5. The van der Waals surface area contributed by atoms with Crippen LogP contribution in [0.15, 0.2) is 64.2 Å². The SMILES string of the molecule is COc1ccc(CCCC2=NC=C3C(=O)N(c4cccc(C)c4)C(=O)N=C3C2)cc1OC. The number of anilines is 1. The van der Waals surface area contributed by atoms with Crippen LogP contribution in [0.5, 0.6) is 11.5 Å². The van der Waals surface area contributed by atoms with Crippen LogP contribution in [0.3, 0.4) is 0 Å². The molecule has 0 aliphatic carbocycles. The molecule has 7 heteroatoms. The van der Waals surface area contributed by atoms with Crippen molar-refractivity contribution in [3.8, 4) is 11.5 Å². The van der Waals surface area contributed by atoms with Gasteiger partial charge in [0.15, 0.2) is 11.5 Å². The minimum atomic E-state index is -0.556. The van der Waals surface area contributed by atoms with Crippen LogP contribution >= 0.6 is 0 Å². The maximum absolute atomic E-state index is 13.0. The lowest BCUT2D eigenvalue weighted by molar-refractivity contribution is -0.114. The molecule has 2 aliphatic rings. The zero-order valence-corrected chi connectivity index (χ0v) is 18.4. The zero-order valence-electron chi connectivity index (χ0n) is 18.4. The van der Waals surface area contributed by atoms with Gasteiger partial charge in [0.25, 0.3) is 5.91 Å². The van der Waals surface area contributed by atoms with Gasteiger partial charge in [-0.25, -0.2) is 9.69 Å². The summed E-state index contributed by atoms with van der Waals surface area (Å²) in [5.41, 5.74) is 4.43. The number of carbonyl (C=O) groups is 2. The molecule has 0 saturated heterocycles. The predicted octanol–water partition coefficient (Wildman–Crippen LogP) is 4.67. The molecule has 0 N–H and O–H groups in total. The number of ether oxygens (including phenoxy) is 2. The lowest BCUT2D eigenvalue weighted by Gasteiger charge is -2.27. The zero-order chi connectivity index (χ0) is 22.7. The molecule has 0 radical (unpaired) electrons. The highest BCUT2D eigenvalue weighted by Crippen LogP contribution is 2.29. The largest absolute Gasteiger partial charge is 0.493 e. The van der Waals surface area contributed by atoms with E-state index in [-0.39, 0.29) is 5.91 Å². The molecule has 4 rings (SSSR count). The van der Waals surface area contributed by atoms with Gasteiger partial charge in [0, 0.05) is 18.3 Å². The van der Waals surface area contributed by atoms with Gasteiger partial charge >= 0.3 is 6.03 Å². The van der Waals surface area contributed by atoms with Crippen LogP contribution in [0, 0.1) is 6.92 Å². The van der Waals surface area contributed by atoms with Crippen molar-refractivity contribution in [1.82, 2.24) is 0 Å². The summed E-state index contributed by atoms with van der Waals surface area (Å²) in [4.78, 5) is 35.4. The van der Waals surface area contributed by atoms with Crippen molar-refractivity contribution in [2.45, 2.75) is 32.6 Å². The smallest absolute Gasteiger partial charge is 0.355 e. The first kappa shape index (κ1) is 21.5. The first-order valence-electron chi connectivity index (χ1n) is 10.5.